The van der Waals surface area contributed by atoms with E-state index in [9.17, 15) is 0 Å². The SMILES string of the molecule is CCCCCCc1ccc(-c2ccc(Br)c3nsnc23)s1. The molecule has 5 heteroatoms. The zero-order valence-electron chi connectivity index (χ0n) is 11.9. The fourth-order valence-electron chi connectivity index (χ4n) is 2.42. The Labute approximate surface area is 141 Å². The zero-order valence-corrected chi connectivity index (χ0v) is 15.2. The Kier molecular flexibility index (Phi) is 5.03. The van der Waals surface area contributed by atoms with Crippen LogP contribution in [0, 0.1) is 0 Å². The van der Waals surface area contributed by atoms with Crippen LogP contribution in [0.15, 0.2) is 28.7 Å². The van der Waals surface area contributed by atoms with Crippen molar-refractivity contribution in [2.45, 2.75) is 39.0 Å². The van der Waals surface area contributed by atoms with Crippen LogP contribution in [0.4, 0.5) is 0 Å². The van der Waals surface area contributed by atoms with Gasteiger partial charge in [-0.1, -0.05) is 32.3 Å². The minimum absolute atomic E-state index is 0.968. The van der Waals surface area contributed by atoms with Crippen LogP contribution >= 0.6 is 39.0 Å². The smallest absolute Gasteiger partial charge is 0.119 e. The summed E-state index contributed by atoms with van der Waals surface area (Å²) in [6.07, 6.45) is 6.46. The molecule has 0 bridgehead atoms. The first-order chi connectivity index (χ1) is 10.3. The van der Waals surface area contributed by atoms with E-state index in [1.165, 1.54) is 59.2 Å². The van der Waals surface area contributed by atoms with Crippen molar-refractivity contribution in [1.82, 2.24) is 8.75 Å². The second-order valence-electron chi connectivity index (χ2n) is 5.13. The van der Waals surface area contributed by atoms with Gasteiger partial charge in [0.25, 0.3) is 0 Å². The first kappa shape index (κ1) is 15.1. The van der Waals surface area contributed by atoms with E-state index in [2.05, 4.69) is 55.9 Å². The average molecular weight is 381 g/mol. The Morgan fingerprint density at radius 3 is 2.71 bits per heavy atom. The van der Waals surface area contributed by atoms with E-state index < -0.39 is 0 Å². The molecule has 0 aliphatic rings. The molecule has 0 aliphatic heterocycles. The molecule has 0 N–H and O–H groups in total. The van der Waals surface area contributed by atoms with Gasteiger partial charge in [-0.15, -0.1) is 11.3 Å². The van der Waals surface area contributed by atoms with Crippen molar-refractivity contribution in [2.24, 2.45) is 0 Å². The highest BCUT2D eigenvalue weighted by atomic mass is 79.9. The topological polar surface area (TPSA) is 25.8 Å². The predicted molar refractivity (Wildman–Crippen MR) is 96.3 cm³/mol. The molecule has 2 nitrogen and oxygen atoms in total. The molecule has 2 aromatic heterocycles. The van der Waals surface area contributed by atoms with Gasteiger partial charge in [0.15, 0.2) is 0 Å². The first-order valence-electron chi connectivity index (χ1n) is 7.29. The lowest BCUT2D eigenvalue weighted by Gasteiger charge is -2.00. The van der Waals surface area contributed by atoms with Crippen molar-refractivity contribution in [3.05, 3.63) is 33.6 Å². The molecule has 110 valence electrons. The lowest BCUT2D eigenvalue weighted by molar-refractivity contribution is 0.670. The van der Waals surface area contributed by atoms with Crippen LogP contribution in [-0.4, -0.2) is 8.75 Å². The van der Waals surface area contributed by atoms with Gasteiger partial charge in [-0.05, 0) is 47.0 Å². The highest BCUT2D eigenvalue weighted by Gasteiger charge is 2.12. The van der Waals surface area contributed by atoms with Gasteiger partial charge >= 0.3 is 0 Å². The number of benzene rings is 1. The van der Waals surface area contributed by atoms with Crippen molar-refractivity contribution in [3.8, 4) is 10.4 Å². The molecular formula is C16H17BrN2S2. The molecule has 0 amide bonds. The number of hydrogen-bond donors (Lipinski definition) is 0. The van der Waals surface area contributed by atoms with Gasteiger partial charge < -0.3 is 0 Å². The van der Waals surface area contributed by atoms with Gasteiger partial charge in [0.05, 0.1) is 11.7 Å². The van der Waals surface area contributed by atoms with E-state index in [1.807, 2.05) is 11.3 Å². The number of rotatable bonds is 6. The number of hydrogen-bond acceptors (Lipinski definition) is 4. The largest absolute Gasteiger partial charge is 0.172 e. The van der Waals surface area contributed by atoms with Crippen molar-refractivity contribution < 1.29 is 0 Å². The Balaban J connectivity index is 1.82. The van der Waals surface area contributed by atoms with Crippen molar-refractivity contribution in [1.29, 1.82) is 0 Å². The maximum Gasteiger partial charge on any atom is 0.119 e. The molecule has 0 spiro atoms. The van der Waals surface area contributed by atoms with E-state index in [0.717, 1.165) is 15.5 Å². The lowest BCUT2D eigenvalue weighted by atomic mass is 10.1. The van der Waals surface area contributed by atoms with Gasteiger partial charge in [-0.3, -0.25) is 0 Å². The zero-order chi connectivity index (χ0) is 14.7. The molecule has 0 saturated carbocycles. The third-order valence-electron chi connectivity index (χ3n) is 3.57. The first-order valence-corrected chi connectivity index (χ1v) is 9.63. The molecule has 21 heavy (non-hydrogen) atoms. The summed E-state index contributed by atoms with van der Waals surface area (Å²) < 4.78 is 9.85. The Morgan fingerprint density at radius 2 is 1.86 bits per heavy atom. The van der Waals surface area contributed by atoms with E-state index in [1.54, 1.807) is 0 Å². The van der Waals surface area contributed by atoms with Crippen LogP contribution in [0.3, 0.4) is 0 Å². The highest BCUT2D eigenvalue weighted by molar-refractivity contribution is 9.10. The maximum absolute atomic E-state index is 4.46. The number of nitrogens with zero attached hydrogens (tertiary/aromatic N) is 2. The third kappa shape index (κ3) is 3.35. The number of aryl methyl sites for hydroxylation is 1. The number of aromatic nitrogens is 2. The quantitative estimate of drug-likeness (QED) is 0.468. The van der Waals surface area contributed by atoms with Crippen molar-refractivity contribution in [2.75, 3.05) is 0 Å². The minimum Gasteiger partial charge on any atom is -0.172 e. The summed E-state index contributed by atoms with van der Waals surface area (Å²) in [5.74, 6) is 0. The molecule has 0 aliphatic carbocycles. The van der Waals surface area contributed by atoms with Crippen LogP contribution in [-0.2, 0) is 6.42 Å². The molecular weight excluding hydrogens is 364 g/mol. The normalized spacial score (nSPS) is 11.3. The van der Waals surface area contributed by atoms with Gasteiger partial charge in [-0.25, -0.2) is 0 Å². The number of halogens is 1. The van der Waals surface area contributed by atoms with Gasteiger partial charge in [0.2, 0.25) is 0 Å². The molecule has 1 aromatic carbocycles. The Hall–Kier alpha value is -0.780. The van der Waals surface area contributed by atoms with Crippen LogP contribution in [0.1, 0.15) is 37.5 Å². The summed E-state index contributed by atoms with van der Waals surface area (Å²) in [4.78, 5) is 2.77. The predicted octanol–water partition coefficient (Wildman–Crippen LogP) is 6.31. The van der Waals surface area contributed by atoms with E-state index in [-0.39, 0.29) is 0 Å². The molecule has 0 atom stereocenters. The molecule has 0 unspecified atom stereocenters. The summed E-state index contributed by atoms with van der Waals surface area (Å²) in [7, 11) is 0. The lowest BCUT2D eigenvalue weighted by Crippen LogP contribution is -1.80. The molecule has 3 aromatic rings. The summed E-state index contributed by atoms with van der Waals surface area (Å²) in [5.41, 5.74) is 3.18. The standard InChI is InChI=1S/C16H17BrN2S2/c1-2-3-4-5-6-11-7-10-14(20-11)12-8-9-13(17)16-15(12)18-21-19-16/h7-10H,2-6H2,1H3. The molecule has 0 radical (unpaired) electrons. The van der Waals surface area contributed by atoms with E-state index in [0.29, 0.717) is 0 Å². The van der Waals surface area contributed by atoms with Gasteiger partial charge in [0.1, 0.15) is 11.0 Å². The molecule has 2 heterocycles. The monoisotopic (exact) mass is 380 g/mol. The fourth-order valence-corrected chi connectivity index (χ4v) is 4.59. The van der Waals surface area contributed by atoms with Crippen LogP contribution in [0.2, 0.25) is 0 Å². The molecule has 3 rings (SSSR count). The van der Waals surface area contributed by atoms with E-state index in [4.69, 9.17) is 0 Å². The Morgan fingerprint density at radius 1 is 1.00 bits per heavy atom. The van der Waals surface area contributed by atoms with Crippen LogP contribution in [0.25, 0.3) is 21.5 Å². The molecule has 0 fully saturated rings. The summed E-state index contributed by atoms with van der Waals surface area (Å²) >= 11 is 6.71. The van der Waals surface area contributed by atoms with Crippen LogP contribution in [0.5, 0.6) is 0 Å². The second-order valence-corrected chi connectivity index (χ2v) is 7.68. The molecule has 0 saturated heterocycles. The number of fused-ring (bicyclic) bond motifs is 1. The number of thiophene rings is 1. The van der Waals surface area contributed by atoms with Gasteiger partial charge in [-0.2, -0.15) is 8.75 Å². The maximum atomic E-state index is 4.46. The van der Waals surface area contributed by atoms with Gasteiger partial charge in [0, 0.05) is 19.8 Å². The van der Waals surface area contributed by atoms with Crippen molar-refractivity contribution >= 4 is 50.0 Å². The average Bonchev–Trinajstić information content (AvgIpc) is 3.14. The Bertz CT molecular complexity index is 733. The second kappa shape index (κ2) is 6.99. The van der Waals surface area contributed by atoms with Crippen LogP contribution < -0.4 is 0 Å². The fraction of sp³-hybridized carbons (Fsp3) is 0.375. The van der Waals surface area contributed by atoms with E-state index >= 15 is 0 Å². The van der Waals surface area contributed by atoms with Crippen molar-refractivity contribution in [3.63, 3.8) is 0 Å². The summed E-state index contributed by atoms with van der Waals surface area (Å²) in [6.45, 7) is 2.25. The highest BCUT2D eigenvalue weighted by Crippen LogP contribution is 2.36. The minimum atomic E-state index is 0.968. The summed E-state index contributed by atoms with van der Waals surface area (Å²) in [5, 5.41) is 0. The number of unbranched alkanes of at least 4 members (excludes halogenated alkanes) is 3. The third-order valence-corrected chi connectivity index (χ3v) is 5.92. The summed E-state index contributed by atoms with van der Waals surface area (Å²) in [6, 6.07) is 8.70.